The first-order chi connectivity index (χ1) is 15.0. The Bertz CT molecular complexity index is 1250. The Kier molecular flexibility index (Phi) is 5.41. The fraction of sp³-hybridized carbons (Fsp3) is 0.333. The molecule has 1 aliphatic heterocycles. The summed E-state index contributed by atoms with van der Waals surface area (Å²) in [7, 11) is 0. The minimum atomic E-state index is -0.785. The van der Waals surface area contributed by atoms with Crippen LogP contribution in [0.2, 0.25) is 5.02 Å². The maximum Gasteiger partial charge on any atom is 0.411 e. The van der Waals surface area contributed by atoms with Crippen molar-refractivity contribution < 1.29 is 18.7 Å². The van der Waals surface area contributed by atoms with Gasteiger partial charge in [0.15, 0.2) is 0 Å². The number of nitrogens with two attached hydrogens (primary N) is 1. The lowest BCUT2D eigenvalue weighted by atomic mass is 9.86. The second-order valence-electron chi connectivity index (χ2n) is 9.02. The molecule has 3 N–H and O–H groups in total. The number of amides is 2. The molecule has 1 unspecified atom stereocenters. The van der Waals surface area contributed by atoms with Crippen LogP contribution >= 0.6 is 11.6 Å². The third-order valence-electron chi connectivity index (χ3n) is 5.63. The number of halogens is 2. The predicted octanol–water partition coefficient (Wildman–Crippen LogP) is 5.25. The molecule has 0 fully saturated rings. The number of ether oxygens (including phenoxy) is 1. The van der Waals surface area contributed by atoms with Gasteiger partial charge in [-0.1, -0.05) is 35.9 Å². The highest BCUT2D eigenvalue weighted by molar-refractivity contribution is 6.37. The minimum Gasteiger partial charge on any atom is -0.444 e. The molecule has 2 heterocycles. The van der Waals surface area contributed by atoms with E-state index in [0.717, 1.165) is 17.2 Å². The molecule has 0 bridgehead atoms. The monoisotopic (exact) mass is 457 g/mol. The first-order valence-corrected chi connectivity index (χ1v) is 10.7. The zero-order valence-electron chi connectivity index (χ0n) is 18.4. The zero-order chi connectivity index (χ0) is 23.4. The number of hydrogen-bond acceptors (Lipinski definition) is 3. The summed E-state index contributed by atoms with van der Waals surface area (Å²) in [6.07, 6.45) is 0.0579. The van der Waals surface area contributed by atoms with E-state index in [0.29, 0.717) is 29.6 Å². The Morgan fingerprint density at radius 2 is 1.97 bits per heavy atom. The molecular weight excluding hydrogens is 433 g/mol. The fourth-order valence-electron chi connectivity index (χ4n) is 4.31. The van der Waals surface area contributed by atoms with Crippen LogP contribution in [-0.4, -0.2) is 34.0 Å². The molecular formula is C24H25ClFN3O3. The smallest absolute Gasteiger partial charge is 0.411 e. The molecule has 2 amide bonds. The number of rotatable bonds is 2. The van der Waals surface area contributed by atoms with Crippen LogP contribution < -0.4 is 5.73 Å². The van der Waals surface area contributed by atoms with Gasteiger partial charge in [-0.25, -0.2) is 9.18 Å². The number of carbonyl (C=O) groups is 2. The Balaban J connectivity index is 2.02. The summed E-state index contributed by atoms with van der Waals surface area (Å²) in [5.41, 5.74) is 7.71. The maximum atomic E-state index is 15.7. The van der Waals surface area contributed by atoms with Crippen LogP contribution in [0.5, 0.6) is 0 Å². The second kappa shape index (κ2) is 7.81. The summed E-state index contributed by atoms with van der Waals surface area (Å²) in [6, 6.07) is 7.92. The van der Waals surface area contributed by atoms with Gasteiger partial charge in [0.25, 0.3) is 5.91 Å². The molecule has 0 aliphatic carbocycles. The summed E-state index contributed by atoms with van der Waals surface area (Å²) < 4.78 is 21.4. The number of carbonyl (C=O) groups excluding carboxylic acids is 2. The lowest BCUT2D eigenvalue weighted by Crippen LogP contribution is -2.43. The molecule has 168 valence electrons. The number of nitrogens with one attached hydrogen (secondary N) is 1. The maximum absolute atomic E-state index is 15.7. The summed E-state index contributed by atoms with van der Waals surface area (Å²) in [5, 5.41) is 0.623. The van der Waals surface area contributed by atoms with Gasteiger partial charge in [-0.3, -0.25) is 9.69 Å². The van der Waals surface area contributed by atoms with Gasteiger partial charge in [0, 0.05) is 23.2 Å². The van der Waals surface area contributed by atoms with E-state index < -0.39 is 29.5 Å². The highest BCUT2D eigenvalue weighted by atomic mass is 35.5. The van der Waals surface area contributed by atoms with Crippen LogP contribution in [0, 0.1) is 12.7 Å². The SMILES string of the molecule is Cc1[nH]c2c(C(N)=O)cc(F)c(C3c4ccccc4CCN3C(=O)OC(C)(C)C)c2c1Cl. The van der Waals surface area contributed by atoms with Crippen molar-refractivity contribution in [3.05, 3.63) is 69.1 Å². The lowest BCUT2D eigenvalue weighted by molar-refractivity contribution is 0.0177. The van der Waals surface area contributed by atoms with Gasteiger partial charge in [-0.05, 0) is 51.3 Å². The van der Waals surface area contributed by atoms with E-state index in [1.54, 1.807) is 27.7 Å². The number of primary amides is 1. The Morgan fingerprint density at radius 3 is 2.62 bits per heavy atom. The standard InChI is InChI=1S/C24H25ClFN3O3/c1-12-19(25)18-17(16(26)11-15(22(27)30)20(18)28-12)21-14-8-6-5-7-13(14)9-10-29(21)23(31)32-24(2,3)4/h5-8,11,21,28H,9-10H2,1-4H3,(H2,27,30). The molecule has 8 heteroatoms. The van der Waals surface area contributed by atoms with E-state index in [2.05, 4.69) is 4.98 Å². The van der Waals surface area contributed by atoms with E-state index in [1.807, 2.05) is 24.3 Å². The van der Waals surface area contributed by atoms with Crippen LogP contribution in [0.25, 0.3) is 10.9 Å². The summed E-state index contributed by atoms with van der Waals surface area (Å²) >= 11 is 6.59. The summed E-state index contributed by atoms with van der Waals surface area (Å²) in [4.78, 5) is 29.8. The molecule has 2 aromatic carbocycles. The van der Waals surface area contributed by atoms with E-state index in [1.165, 1.54) is 4.90 Å². The van der Waals surface area contributed by atoms with Crippen LogP contribution in [0.15, 0.2) is 30.3 Å². The van der Waals surface area contributed by atoms with E-state index in [9.17, 15) is 9.59 Å². The molecule has 1 atom stereocenters. The van der Waals surface area contributed by atoms with Gasteiger partial charge >= 0.3 is 6.09 Å². The lowest BCUT2D eigenvalue weighted by Gasteiger charge is -2.38. The van der Waals surface area contributed by atoms with Crippen LogP contribution in [0.3, 0.4) is 0 Å². The molecule has 4 rings (SSSR count). The van der Waals surface area contributed by atoms with Crippen molar-refractivity contribution in [1.82, 2.24) is 9.88 Å². The van der Waals surface area contributed by atoms with Crippen molar-refractivity contribution in [3.8, 4) is 0 Å². The van der Waals surface area contributed by atoms with Crippen LogP contribution in [-0.2, 0) is 11.2 Å². The van der Waals surface area contributed by atoms with E-state index >= 15 is 4.39 Å². The van der Waals surface area contributed by atoms with Gasteiger partial charge in [-0.15, -0.1) is 0 Å². The number of hydrogen-bond donors (Lipinski definition) is 2. The molecule has 6 nitrogen and oxygen atoms in total. The number of nitrogens with zero attached hydrogens (tertiary/aromatic N) is 1. The molecule has 3 aromatic rings. The average molecular weight is 458 g/mol. The molecule has 0 radical (unpaired) electrons. The molecule has 32 heavy (non-hydrogen) atoms. The molecule has 0 saturated heterocycles. The summed E-state index contributed by atoms with van der Waals surface area (Å²) in [5.74, 6) is -1.44. The Labute approximate surface area is 190 Å². The van der Waals surface area contributed by atoms with Crippen molar-refractivity contribution in [3.63, 3.8) is 0 Å². The molecule has 1 aliphatic rings. The van der Waals surface area contributed by atoms with E-state index in [4.69, 9.17) is 22.1 Å². The van der Waals surface area contributed by atoms with Gasteiger partial charge in [0.05, 0.1) is 22.1 Å². The number of aromatic nitrogens is 1. The number of benzene rings is 2. The van der Waals surface area contributed by atoms with Gasteiger partial charge in [0.2, 0.25) is 0 Å². The van der Waals surface area contributed by atoms with Crippen LogP contribution in [0.4, 0.5) is 9.18 Å². The van der Waals surface area contributed by atoms with Crippen molar-refractivity contribution in [2.45, 2.75) is 45.8 Å². The van der Waals surface area contributed by atoms with E-state index in [-0.39, 0.29) is 16.1 Å². The molecule has 1 aromatic heterocycles. The zero-order valence-corrected chi connectivity index (χ0v) is 19.1. The van der Waals surface area contributed by atoms with Crippen molar-refractivity contribution in [2.75, 3.05) is 6.54 Å². The Morgan fingerprint density at radius 1 is 1.28 bits per heavy atom. The Hall–Kier alpha value is -3.06. The van der Waals surface area contributed by atoms with Gasteiger partial charge < -0.3 is 15.5 Å². The number of H-pyrrole nitrogens is 1. The highest BCUT2D eigenvalue weighted by Crippen LogP contribution is 2.44. The highest BCUT2D eigenvalue weighted by Gasteiger charge is 2.38. The third-order valence-corrected chi connectivity index (χ3v) is 6.10. The predicted molar refractivity (Wildman–Crippen MR) is 121 cm³/mol. The third kappa shape index (κ3) is 3.71. The second-order valence-corrected chi connectivity index (χ2v) is 9.40. The van der Waals surface area contributed by atoms with Crippen molar-refractivity contribution >= 4 is 34.5 Å². The summed E-state index contributed by atoms with van der Waals surface area (Å²) in [6.45, 7) is 7.42. The average Bonchev–Trinajstić information content (AvgIpc) is 3.00. The largest absolute Gasteiger partial charge is 0.444 e. The minimum absolute atomic E-state index is 0.00385. The topological polar surface area (TPSA) is 88.4 Å². The van der Waals surface area contributed by atoms with Gasteiger partial charge in [-0.2, -0.15) is 0 Å². The van der Waals surface area contributed by atoms with Gasteiger partial charge in [0.1, 0.15) is 11.4 Å². The fourth-order valence-corrected chi connectivity index (χ4v) is 4.55. The quantitative estimate of drug-likeness (QED) is 0.550. The number of aromatic amines is 1. The van der Waals surface area contributed by atoms with Crippen LogP contribution in [0.1, 0.15) is 59.6 Å². The number of aryl methyl sites for hydroxylation is 1. The van der Waals surface area contributed by atoms with Crippen molar-refractivity contribution in [1.29, 1.82) is 0 Å². The first kappa shape index (κ1) is 22.1. The normalized spacial score (nSPS) is 16.2. The number of fused-ring (bicyclic) bond motifs is 2. The first-order valence-electron chi connectivity index (χ1n) is 10.4. The molecule has 0 spiro atoms. The van der Waals surface area contributed by atoms with Crippen molar-refractivity contribution in [2.24, 2.45) is 5.73 Å². The molecule has 0 saturated carbocycles.